The summed E-state index contributed by atoms with van der Waals surface area (Å²) in [6, 6.07) is 12.0. The molecule has 4 aromatic rings. The summed E-state index contributed by atoms with van der Waals surface area (Å²) in [6.07, 6.45) is 0. The van der Waals surface area contributed by atoms with Gasteiger partial charge in [-0.1, -0.05) is 30.0 Å². The number of nitrogens with one attached hydrogen (secondary N) is 1. The number of thiazole rings is 1. The van der Waals surface area contributed by atoms with E-state index in [-0.39, 0.29) is 5.91 Å². The number of carbonyl (C=O) groups is 1. The highest BCUT2D eigenvalue weighted by molar-refractivity contribution is 7.99. The van der Waals surface area contributed by atoms with Crippen LogP contribution in [0, 0.1) is 0 Å². The molecule has 3 aromatic heterocycles. The van der Waals surface area contributed by atoms with Crippen molar-refractivity contribution < 1.29 is 4.79 Å². The molecule has 4 rings (SSSR count). The lowest BCUT2D eigenvalue weighted by atomic mass is 10.3. The van der Waals surface area contributed by atoms with Gasteiger partial charge in [-0.15, -0.1) is 32.9 Å². The van der Waals surface area contributed by atoms with Crippen LogP contribution in [0.2, 0.25) is 0 Å². The van der Waals surface area contributed by atoms with Crippen molar-refractivity contribution >= 4 is 50.6 Å². The summed E-state index contributed by atoms with van der Waals surface area (Å²) in [6.45, 7) is 0.442. The summed E-state index contributed by atoms with van der Waals surface area (Å²) in [5.74, 6) is 1.06. The fourth-order valence-electron chi connectivity index (χ4n) is 2.41. The maximum atomic E-state index is 12.1. The normalized spacial score (nSPS) is 11.1. The van der Waals surface area contributed by atoms with Crippen molar-refractivity contribution in [2.75, 3.05) is 5.75 Å². The van der Waals surface area contributed by atoms with Gasteiger partial charge in [0.05, 0.1) is 27.4 Å². The summed E-state index contributed by atoms with van der Waals surface area (Å²) < 4.78 is 3.04. The SMILES string of the molecule is Cn1c(SCC(=O)NCc2nc3ccccc3s2)nnc1-c1cccs1. The molecule has 0 saturated heterocycles. The molecular weight excluding hydrogens is 386 g/mol. The molecule has 132 valence electrons. The molecule has 26 heavy (non-hydrogen) atoms. The summed E-state index contributed by atoms with van der Waals surface area (Å²) in [5, 5.41) is 15.0. The summed E-state index contributed by atoms with van der Waals surface area (Å²) in [7, 11) is 1.91. The Morgan fingerprint density at radius 3 is 2.92 bits per heavy atom. The molecule has 0 radical (unpaired) electrons. The number of amides is 1. The third-order valence-corrected chi connectivity index (χ3v) is 6.61. The van der Waals surface area contributed by atoms with E-state index in [1.807, 2.05) is 53.4 Å². The van der Waals surface area contributed by atoms with Gasteiger partial charge in [-0.25, -0.2) is 4.98 Å². The fraction of sp³-hybridized carbons (Fsp3) is 0.176. The van der Waals surface area contributed by atoms with Crippen LogP contribution in [-0.2, 0) is 18.4 Å². The fourth-order valence-corrected chi connectivity index (χ4v) is 4.80. The largest absolute Gasteiger partial charge is 0.349 e. The maximum Gasteiger partial charge on any atom is 0.230 e. The number of benzene rings is 1. The van der Waals surface area contributed by atoms with Crippen LogP contribution in [0.25, 0.3) is 20.9 Å². The molecule has 0 atom stereocenters. The average Bonchev–Trinajstić information content (AvgIpc) is 3.37. The Morgan fingerprint density at radius 2 is 2.12 bits per heavy atom. The van der Waals surface area contributed by atoms with Crippen molar-refractivity contribution in [3.05, 3.63) is 46.8 Å². The zero-order valence-electron chi connectivity index (χ0n) is 13.9. The van der Waals surface area contributed by atoms with E-state index in [9.17, 15) is 4.79 Å². The van der Waals surface area contributed by atoms with Gasteiger partial charge < -0.3 is 9.88 Å². The van der Waals surface area contributed by atoms with Crippen molar-refractivity contribution in [3.8, 4) is 10.7 Å². The number of para-hydroxylation sites is 1. The van der Waals surface area contributed by atoms with Crippen LogP contribution in [0.1, 0.15) is 5.01 Å². The van der Waals surface area contributed by atoms with Crippen LogP contribution in [0.15, 0.2) is 46.9 Å². The van der Waals surface area contributed by atoms with Crippen molar-refractivity contribution in [3.63, 3.8) is 0 Å². The number of fused-ring (bicyclic) bond motifs is 1. The van der Waals surface area contributed by atoms with Crippen LogP contribution >= 0.6 is 34.4 Å². The molecule has 0 aliphatic heterocycles. The van der Waals surface area contributed by atoms with Gasteiger partial charge in [-0.3, -0.25) is 4.79 Å². The first-order valence-electron chi connectivity index (χ1n) is 7.88. The molecule has 0 fully saturated rings. The van der Waals surface area contributed by atoms with Gasteiger partial charge in [-0.05, 0) is 23.6 Å². The van der Waals surface area contributed by atoms with Crippen molar-refractivity contribution in [1.29, 1.82) is 0 Å². The molecule has 0 saturated carbocycles. The topological polar surface area (TPSA) is 72.7 Å². The van der Waals surface area contributed by atoms with Gasteiger partial charge in [0.2, 0.25) is 5.91 Å². The van der Waals surface area contributed by atoms with Gasteiger partial charge >= 0.3 is 0 Å². The first kappa shape index (κ1) is 17.2. The second-order valence-corrected chi connectivity index (χ2v) is 8.49. The van der Waals surface area contributed by atoms with E-state index in [1.165, 1.54) is 11.8 Å². The number of carbonyl (C=O) groups excluding carboxylic acids is 1. The standard InChI is InChI=1S/C17H15N5OS3/c1-22-16(13-7-4-8-24-13)20-21-17(22)25-10-14(23)18-9-15-19-11-5-2-3-6-12(11)26-15/h2-8H,9-10H2,1H3,(H,18,23). The molecular formula is C17H15N5OS3. The zero-order valence-corrected chi connectivity index (χ0v) is 16.3. The van der Waals surface area contributed by atoms with Crippen LogP contribution in [-0.4, -0.2) is 31.4 Å². The van der Waals surface area contributed by atoms with Crippen LogP contribution in [0.4, 0.5) is 0 Å². The summed E-state index contributed by atoms with van der Waals surface area (Å²) in [5.41, 5.74) is 0.969. The van der Waals surface area contributed by atoms with Crippen molar-refractivity contribution in [2.24, 2.45) is 7.05 Å². The van der Waals surface area contributed by atoms with Gasteiger partial charge in [0.1, 0.15) is 5.01 Å². The smallest absolute Gasteiger partial charge is 0.230 e. The zero-order chi connectivity index (χ0) is 17.9. The lowest BCUT2D eigenvalue weighted by molar-refractivity contribution is -0.118. The Kier molecular flexibility index (Phi) is 5.00. The van der Waals surface area contributed by atoms with Crippen molar-refractivity contribution in [1.82, 2.24) is 25.1 Å². The second kappa shape index (κ2) is 7.56. The van der Waals surface area contributed by atoms with Gasteiger partial charge in [-0.2, -0.15) is 0 Å². The Morgan fingerprint density at radius 1 is 1.23 bits per heavy atom. The molecule has 0 aliphatic rings. The van der Waals surface area contributed by atoms with E-state index in [2.05, 4.69) is 20.5 Å². The lowest BCUT2D eigenvalue weighted by Crippen LogP contribution is -2.24. The van der Waals surface area contributed by atoms with E-state index in [4.69, 9.17) is 0 Å². The second-order valence-electron chi connectivity index (χ2n) is 5.48. The monoisotopic (exact) mass is 401 g/mol. The predicted molar refractivity (Wildman–Crippen MR) is 107 cm³/mol. The highest BCUT2D eigenvalue weighted by atomic mass is 32.2. The Hall–Kier alpha value is -2.23. The molecule has 9 heteroatoms. The van der Waals surface area contributed by atoms with E-state index in [0.29, 0.717) is 12.3 Å². The number of nitrogens with zero attached hydrogens (tertiary/aromatic N) is 4. The first-order valence-corrected chi connectivity index (χ1v) is 10.6. The third kappa shape index (κ3) is 3.64. The predicted octanol–water partition coefficient (Wildman–Crippen LogP) is 3.56. The highest BCUT2D eigenvalue weighted by Crippen LogP contribution is 2.26. The molecule has 0 spiro atoms. The minimum absolute atomic E-state index is 0.0464. The molecule has 6 nitrogen and oxygen atoms in total. The van der Waals surface area contributed by atoms with Gasteiger partial charge in [0, 0.05) is 7.05 Å². The number of rotatable bonds is 6. The number of thioether (sulfide) groups is 1. The molecule has 0 aliphatic carbocycles. The number of hydrogen-bond donors (Lipinski definition) is 1. The first-order chi connectivity index (χ1) is 12.7. The van der Waals surface area contributed by atoms with Crippen LogP contribution in [0.5, 0.6) is 0 Å². The molecule has 1 aromatic carbocycles. The quantitative estimate of drug-likeness (QED) is 0.500. The summed E-state index contributed by atoms with van der Waals surface area (Å²) >= 11 is 4.60. The Balaban J connectivity index is 1.33. The Bertz CT molecular complexity index is 1000. The molecule has 3 heterocycles. The minimum Gasteiger partial charge on any atom is -0.349 e. The average molecular weight is 402 g/mol. The molecule has 0 bridgehead atoms. The van der Waals surface area contributed by atoms with E-state index >= 15 is 0 Å². The lowest BCUT2D eigenvalue weighted by Gasteiger charge is -2.03. The summed E-state index contributed by atoms with van der Waals surface area (Å²) in [4.78, 5) is 17.7. The number of aromatic nitrogens is 4. The van der Waals surface area contributed by atoms with Crippen LogP contribution < -0.4 is 5.32 Å². The van der Waals surface area contributed by atoms with Gasteiger partial charge in [0.15, 0.2) is 11.0 Å². The third-order valence-electron chi connectivity index (χ3n) is 3.68. The maximum absolute atomic E-state index is 12.1. The van der Waals surface area contributed by atoms with Crippen LogP contribution in [0.3, 0.4) is 0 Å². The number of thiophene rings is 1. The van der Waals surface area contributed by atoms with Crippen molar-refractivity contribution in [2.45, 2.75) is 11.7 Å². The number of hydrogen-bond acceptors (Lipinski definition) is 7. The highest BCUT2D eigenvalue weighted by Gasteiger charge is 2.13. The Labute approximate surface area is 162 Å². The van der Waals surface area contributed by atoms with E-state index < -0.39 is 0 Å². The van der Waals surface area contributed by atoms with E-state index in [0.717, 1.165) is 31.1 Å². The van der Waals surface area contributed by atoms with Gasteiger partial charge in [0.25, 0.3) is 0 Å². The van der Waals surface area contributed by atoms with E-state index in [1.54, 1.807) is 22.7 Å². The molecule has 0 unspecified atom stereocenters. The minimum atomic E-state index is -0.0464. The molecule has 1 N–H and O–H groups in total. The molecule has 1 amide bonds.